The number of amides is 1. The predicted molar refractivity (Wildman–Crippen MR) is 125 cm³/mol. The van der Waals surface area contributed by atoms with Crippen molar-refractivity contribution in [2.45, 2.75) is 24.4 Å². The molecule has 6 nitrogen and oxygen atoms in total. The fourth-order valence-corrected chi connectivity index (χ4v) is 4.39. The maximum atomic E-state index is 12.8. The van der Waals surface area contributed by atoms with Gasteiger partial charge in [0.2, 0.25) is 5.91 Å². The molecule has 0 aliphatic carbocycles. The molecule has 2 aromatic carbocycles. The number of aromatic nitrogens is 3. The number of aryl methyl sites for hydroxylation is 1. The van der Waals surface area contributed by atoms with E-state index in [1.165, 1.54) is 0 Å². The monoisotopic (exact) mass is 452 g/mol. The lowest BCUT2D eigenvalue weighted by molar-refractivity contribution is -0.116. The van der Waals surface area contributed by atoms with Gasteiger partial charge in [-0.25, -0.2) is 4.98 Å². The first-order valence-electron chi connectivity index (χ1n) is 9.65. The van der Waals surface area contributed by atoms with Crippen LogP contribution < -0.4 is 10.1 Å². The van der Waals surface area contributed by atoms with Crippen LogP contribution >= 0.6 is 23.4 Å². The molecule has 158 valence electrons. The summed E-state index contributed by atoms with van der Waals surface area (Å²) in [5.74, 6) is 1.35. The Morgan fingerprint density at radius 3 is 2.74 bits per heavy atom. The van der Waals surface area contributed by atoms with Gasteiger partial charge in [-0.3, -0.25) is 9.78 Å². The summed E-state index contributed by atoms with van der Waals surface area (Å²) in [6.07, 6.45) is 3.43. The lowest BCUT2D eigenvalue weighted by Gasteiger charge is -2.11. The van der Waals surface area contributed by atoms with Crippen molar-refractivity contribution < 1.29 is 9.53 Å². The SMILES string of the molecule is COc1ccc(CSc2nc3ccncc3n2CC(=O)Nc2ccc(C)cc2Cl)cc1. The number of ether oxygens (including phenoxy) is 1. The molecule has 1 N–H and O–H groups in total. The van der Waals surface area contributed by atoms with Crippen LogP contribution in [0.15, 0.2) is 66.1 Å². The number of pyridine rings is 1. The van der Waals surface area contributed by atoms with E-state index in [1.807, 2.05) is 60.0 Å². The third-order valence-corrected chi connectivity index (χ3v) is 6.10. The Labute approximate surface area is 189 Å². The third kappa shape index (κ3) is 5.00. The number of carbonyl (C=O) groups excluding carboxylic acids is 1. The van der Waals surface area contributed by atoms with Crippen molar-refractivity contribution >= 4 is 46.0 Å². The molecule has 0 fully saturated rings. The number of carbonyl (C=O) groups is 1. The highest BCUT2D eigenvalue weighted by Gasteiger charge is 2.15. The van der Waals surface area contributed by atoms with Crippen molar-refractivity contribution in [3.05, 3.63) is 77.1 Å². The summed E-state index contributed by atoms with van der Waals surface area (Å²) in [5.41, 5.74) is 4.37. The number of rotatable bonds is 7. The number of nitrogens with one attached hydrogen (secondary N) is 1. The van der Waals surface area contributed by atoms with Gasteiger partial charge in [-0.2, -0.15) is 0 Å². The first kappa shape index (κ1) is 21.2. The Balaban J connectivity index is 1.54. The maximum absolute atomic E-state index is 12.8. The fourth-order valence-electron chi connectivity index (χ4n) is 3.14. The number of nitrogens with zero attached hydrogens (tertiary/aromatic N) is 3. The molecule has 0 unspecified atom stereocenters. The number of benzene rings is 2. The van der Waals surface area contributed by atoms with E-state index >= 15 is 0 Å². The van der Waals surface area contributed by atoms with Gasteiger partial charge >= 0.3 is 0 Å². The van der Waals surface area contributed by atoms with Crippen LogP contribution in [0.4, 0.5) is 5.69 Å². The summed E-state index contributed by atoms with van der Waals surface area (Å²) in [6, 6.07) is 15.3. The molecule has 0 aliphatic rings. The molecule has 2 heterocycles. The number of methoxy groups -OCH3 is 1. The summed E-state index contributed by atoms with van der Waals surface area (Å²) in [7, 11) is 1.65. The molecule has 2 aromatic heterocycles. The summed E-state index contributed by atoms with van der Waals surface area (Å²) < 4.78 is 7.10. The zero-order chi connectivity index (χ0) is 21.8. The lowest BCUT2D eigenvalue weighted by atomic mass is 10.2. The van der Waals surface area contributed by atoms with Crippen LogP contribution in [0.25, 0.3) is 11.0 Å². The van der Waals surface area contributed by atoms with E-state index in [-0.39, 0.29) is 12.5 Å². The van der Waals surface area contributed by atoms with Gasteiger partial charge in [-0.15, -0.1) is 0 Å². The van der Waals surface area contributed by atoms with E-state index in [0.717, 1.165) is 33.1 Å². The van der Waals surface area contributed by atoms with E-state index in [4.69, 9.17) is 21.3 Å². The minimum Gasteiger partial charge on any atom is -0.497 e. The Bertz CT molecular complexity index is 1220. The zero-order valence-electron chi connectivity index (χ0n) is 17.1. The van der Waals surface area contributed by atoms with Gasteiger partial charge in [0.1, 0.15) is 12.3 Å². The summed E-state index contributed by atoms with van der Waals surface area (Å²) in [4.78, 5) is 21.7. The second kappa shape index (κ2) is 9.41. The standard InChI is InChI=1S/C23H21ClN4O2S/c1-15-3-8-19(18(24)11-15)26-22(29)13-28-21-12-25-10-9-20(21)27-23(28)31-14-16-4-6-17(30-2)7-5-16/h3-12H,13-14H2,1-2H3,(H,26,29). The summed E-state index contributed by atoms with van der Waals surface area (Å²) >= 11 is 7.83. The molecule has 0 saturated heterocycles. The van der Waals surface area contributed by atoms with Crippen LogP contribution in [-0.2, 0) is 17.1 Å². The summed E-state index contributed by atoms with van der Waals surface area (Å²) in [6.45, 7) is 2.06. The molecule has 0 spiro atoms. The van der Waals surface area contributed by atoms with E-state index in [0.29, 0.717) is 16.5 Å². The second-order valence-electron chi connectivity index (χ2n) is 7.01. The Morgan fingerprint density at radius 1 is 1.19 bits per heavy atom. The number of fused-ring (bicyclic) bond motifs is 1. The minimum absolute atomic E-state index is 0.108. The Kier molecular flexibility index (Phi) is 6.44. The number of hydrogen-bond donors (Lipinski definition) is 1. The number of hydrogen-bond acceptors (Lipinski definition) is 5. The largest absolute Gasteiger partial charge is 0.497 e. The highest BCUT2D eigenvalue weighted by atomic mass is 35.5. The van der Waals surface area contributed by atoms with Crippen molar-refractivity contribution in [1.82, 2.24) is 14.5 Å². The average Bonchev–Trinajstić information content (AvgIpc) is 3.12. The van der Waals surface area contributed by atoms with Crippen molar-refractivity contribution in [1.29, 1.82) is 0 Å². The molecule has 31 heavy (non-hydrogen) atoms. The molecule has 4 aromatic rings. The molecular formula is C23H21ClN4O2S. The van der Waals surface area contributed by atoms with E-state index < -0.39 is 0 Å². The van der Waals surface area contributed by atoms with Gasteiger partial charge in [-0.05, 0) is 48.4 Å². The van der Waals surface area contributed by atoms with Gasteiger partial charge in [0.15, 0.2) is 5.16 Å². The highest BCUT2D eigenvalue weighted by molar-refractivity contribution is 7.98. The molecule has 0 atom stereocenters. The van der Waals surface area contributed by atoms with Crippen molar-refractivity contribution in [3.63, 3.8) is 0 Å². The van der Waals surface area contributed by atoms with Crippen LogP contribution in [-0.4, -0.2) is 27.6 Å². The van der Waals surface area contributed by atoms with E-state index in [2.05, 4.69) is 10.3 Å². The van der Waals surface area contributed by atoms with Gasteiger partial charge in [0.25, 0.3) is 0 Å². The topological polar surface area (TPSA) is 69.0 Å². The normalized spacial score (nSPS) is 10.9. The fraction of sp³-hybridized carbons (Fsp3) is 0.174. The minimum atomic E-state index is -0.180. The van der Waals surface area contributed by atoms with Crippen molar-refractivity contribution in [3.8, 4) is 5.75 Å². The molecule has 8 heteroatoms. The highest BCUT2D eigenvalue weighted by Crippen LogP contribution is 2.28. The number of anilines is 1. The first-order valence-corrected chi connectivity index (χ1v) is 11.0. The number of halogens is 1. The van der Waals surface area contributed by atoms with Crippen LogP contribution in [0.2, 0.25) is 5.02 Å². The van der Waals surface area contributed by atoms with Gasteiger partial charge in [-0.1, -0.05) is 41.6 Å². The zero-order valence-corrected chi connectivity index (χ0v) is 18.7. The third-order valence-electron chi connectivity index (χ3n) is 4.74. The molecule has 0 bridgehead atoms. The molecule has 0 saturated carbocycles. The summed E-state index contributed by atoms with van der Waals surface area (Å²) in [5, 5.41) is 4.16. The molecule has 1 amide bonds. The van der Waals surface area contributed by atoms with Crippen molar-refractivity contribution in [2.24, 2.45) is 0 Å². The van der Waals surface area contributed by atoms with Crippen molar-refractivity contribution in [2.75, 3.05) is 12.4 Å². The first-order chi connectivity index (χ1) is 15.0. The van der Waals surface area contributed by atoms with Crippen LogP contribution in [0.3, 0.4) is 0 Å². The van der Waals surface area contributed by atoms with Crippen LogP contribution in [0.5, 0.6) is 5.75 Å². The molecule has 0 radical (unpaired) electrons. The molecule has 4 rings (SSSR count). The van der Waals surface area contributed by atoms with Gasteiger partial charge in [0.05, 0.1) is 35.1 Å². The number of thioether (sulfide) groups is 1. The lowest BCUT2D eigenvalue weighted by Crippen LogP contribution is -2.19. The van der Waals surface area contributed by atoms with Gasteiger partial charge in [0, 0.05) is 11.9 Å². The van der Waals surface area contributed by atoms with Crippen LogP contribution in [0.1, 0.15) is 11.1 Å². The Morgan fingerprint density at radius 2 is 2.00 bits per heavy atom. The smallest absolute Gasteiger partial charge is 0.244 e. The van der Waals surface area contributed by atoms with Gasteiger partial charge < -0.3 is 14.6 Å². The average molecular weight is 453 g/mol. The number of imidazole rings is 1. The van der Waals surface area contributed by atoms with Crippen LogP contribution in [0, 0.1) is 6.92 Å². The predicted octanol–water partition coefficient (Wildman–Crippen LogP) is 5.33. The Hall–Kier alpha value is -3.03. The second-order valence-corrected chi connectivity index (χ2v) is 8.36. The quantitative estimate of drug-likeness (QED) is 0.383. The van der Waals surface area contributed by atoms with E-state index in [1.54, 1.807) is 31.3 Å². The molecular weight excluding hydrogens is 432 g/mol. The molecule has 0 aliphatic heterocycles. The maximum Gasteiger partial charge on any atom is 0.244 e. The van der Waals surface area contributed by atoms with E-state index in [9.17, 15) is 4.79 Å².